The first-order valence-corrected chi connectivity index (χ1v) is 5.02. The minimum absolute atomic E-state index is 0.186. The predicted molar refractivity (Wildman–Crippen MR) is 60.1 cm³/mol. The highest BCUT2D eigenvalue weighted by Gasteiger charge is 1.99. The van der Waals surface area contributed by atoms with Crippen LogP contribution in [0.3, 0.4) is 0 Å². The fourth-order valence-electron chi connectivity index (χ4n) is 1.19. The second kappa shape index (κ2) is 6.68. The van der Waals surface area contributed by atoms with Gasteiger partial charge in [0.2, 0.25) is 5.91 Å². The predicted octanol–water partition coefficient (Wildman–Crippen LogP) is 0.844. The largest absolute Gasteiger partial charge is 0.497 e. The number of rotatable bonds is 6. The maximum absolute atomic E-state index is 10.8. The van der Waals surface area contributed by atoms with Gasteiger partial charge in [-0.05, 0) is 18.6 Å². The van der Waals surface area contributed by atoms with Gasteiger partial charge in [0.05, 0.1) is 13.7 Å². The maximum Gasteiger partial charge on any atom is 0.234 e. The highest BCUT2D eigenvalue weighted by Crippen LogP contribution is 2.18. The summed E-state index contributed by atoms with van der Waals surface area (Å²) in [5, 5.41) is 0. The van der Waals surface area contributed by atoms with Crippen LogP contribution in [0.4, 0.5) is 0 Å². The van der Waals surface area contributed by atoms with E-state index >= 15 is 0 Å². The Morgan fingerprint density at radius 1 is 1.44 bits per heavy atom. The number of hydrogen-bond donors (Lipinski definition) is 2. The van der Waals surface area contributed by atoms with Crippen molar-refractivity contribution in [3.63, 3.8) is 0 Å². The van der Waals surface area contributed by atoms with Crippen LogP contribution < -0.4 is 20.7 Å². The summed E-state index contributed by atoms with van der Waals surface area (Å²) in [7, 11) is 1.60. The quantitative estimate of drug-likeness (QED) is 0.325. The Labute approximate surface area is 94.5 Å². The molecule has 88 valence electrons. The lowest BCUT2D eigenvalue weighted by molar-refractivity contribution is -0.121. The van der Waals surface area contributed by atoms with Crippen molar-refractivity contribution in [2.24, 2.45) is 5.84 Å². The van der Waals surface area contributed by atoms with Gasteiger partial charge in [0, 0.05) is 12.5 Å². The molecule has 1 rings (SSSR count). The molecule has 0 aliphatic carbocycles. The molecule has 0 atom stereocenters. The number of methoxy groups -OCH3 is 1. The van der Waals surface area contributed by atoms with Gasteiger partial charge in [0.1, 0.15) is 11.5 Å². The van der Waals surface area contributed by atoms with E-state index in [4.69, 9.17) is 15.3 Å². The van der Waals surface area contributed by atoms with Gasteiger partial charge in [-0.1, -0.05) is 6.07 Å². The van der Waals surface area contributed by atoms with Crippen molar-refractivity contribution in [2.75, 3.05) is 13.7 Å². The summed E-state index contributed by atoms with van der Waals surface area (Å²) in [5.41, 5.74) is 2.07. The Hall–Kier alpha value is -1.75. The number of nitrogens with two attached hydrogens (primary N) is 1. The van der Waals surface area contributed by atoms with Gasteiger partial charge in [0.25, 0.3) is 0 Å². The van der Waals surface area contributed by atoms with Gasteiger partial charge in [-0.2, -0.15) is 0 Å². The molecule has 0 fully saturated rings. The normalized spacial score (nSPS) is 9.62. The van der Waals surface area contributed by atoms with Gasteiger partial charge in [-0.25, -0.2) is 5.84 Å². The van der Waals surface area contributed by atoms with Crippen LogP contribution in [-0.2, 0) is 4.79 Å². The second-order valence-electron chi connectivity index (χ2n) is 3.20. The molecule has 0 heterocycles. The highest BCUT2D eigenvalue weighted by atomic mass is 16.5. The molecule has 0 saturated carbocycles. The Morgan fingerprint density at radius 3 is 2.88 bits per heavy atom. The van der Waals surface area contributed by atoms with Crippen LogP contribution in [0, 0.1) is 0 Å². The summed E-state index contributed by atoms with van der Waals surface area (Å²) in [6.07, 6.45) is 0.987. The zero-order chi connectivity index (χ0) is 11.8. The van der Waals surface area contributed by atoms with Crippen molar-refractivity contribution >= 4 is 5.91 Å². The zero-order valence-corrected chi connectivity index (χ0v) is 9.23. The molecule has 5 heteroatoms. The maximum atomic E-state index is 10.8. The van der Waals surface area contributed by atoms with Crippen LogP contribution in [0.5, 0.6) is 11.5 Å². The van der Waals surface area contributed by atoms with Crippen LogP contribution in [0.25, 0.3) is 0 Å². The van der Waals surface area contributed by atoms with Crippen LogP contribution in [0.2, 0.25) is 0 Å². The lowest BCUT2D eigenvalue weighted by Crippen LogP contribution is -2.29. The average molecular weight is 224 g/mol. The number of hydrazine groups is 1. The third kappa shape index (κ3) is 4.18. The minimum Gasteiger partial charge on any atom is -0.497 e. The number of hydrogen-bond acceptors (Lipinski definition) is 4. The number of benzene rings is 1. The molecule has 0 aliphatic rings. The summed E-state index contributed by atoms with van der Waals surface area (Å²) in [6.45, 7) is 0.473. The summed E-state index contributed by atoms with van der Waals surface area (Å²) in [4.78, 5) is 10.8. The van der Waals surface area contributed by atoms with E-state index in [0.717, 1.165) is 11.5 Å². The van der Waals surface area contributed by atoms with Gasteiger partial charge in [-0.3, -0.25) is 10.2 Å². The molecule has 0 aromatic heterocycles. The van der Waals surface area contributed by atoms with E-state index in [-0.39, 0.29) is 5.91 Å². The zero-order valence-electron chi connectivity index (χ0n) is 9.23. The highest BCUT2D eigenvalue weighted by molar-refractivity contribution is 5.75. The first-order chi connectivity index (χ1) is 7.76. The fraction of sp³-hybridized carbons (Fsp3) is 0.364. The number of amides is 1. The van der Waals surface area contributed by atoms with Crippen molar-refractivity contribution in [1.29, 1.82) is 0 Å². The minimum atomic E-state index is -0.186. The van der Waals surface area contributed by atoms with Gasteiger partial charge in [0.15, 0.2) is 0 Å². The molecule has 0 saturated heterocycles. The SMILES string of the molecule is COc1cccc(OCCCC(=O)NN)c1. The summed E-state index contributed by atoms with van der Waals surface area (Å²) in [6, 6.07) is 7.32. The Balaban J connectivity index is 2.28. The standard InChI is InChI=1S/C11H16N2O3/c1-15-9-4-2-5-10(8-9)16-7-3-6-11(14)13-12/h2,4-5,8H,3,6-7,12H2,1H3,(H,13,14). The van der Waals surface area contributed by atoms with E-state index in [2.05, 4.69) is 5.43 Å². The molecule has 0 radical (unpaired) electrons. The average Bonchev–Trinajstić information content (AvgIpc) is 2.34. The summed E-state index contributed by atoms with van der Waals surface area (Å²) < 4.78 is 10.5. The van der Waals surface area contributed by atoms with Gasteiger partial charge in [-0.15, -0.1) is 0 Å². The molecular formula is C11H16N2O3. The number of nitrogens with one attached hydrogen (secondary N) is 1. The van der Waals surface area contributed by atoms with Gasteiger partial charge < -0.3 is 9.47 Å². The molecule has 0 bridgehead atoms. The third-order valence-corrected chi connectivity index (χ3v) is 2.02. The first kappa shape index (κ1) is 12.3. The molecule has 1 aromatic carbocycles. The molecule has 16 heavy (non-hydrogen) atoms. The topological polar surface area (TPSA) is 73.6 Å². The molecular weight excluding hydrogens is 208 g/mol. The molecule has 0 aliphatic heterocycles. The van der Waals surface area contributed by atoms with Crippen molar-refractivity contribution in [1.82, 2.24) is 5.43 Å². The smallest absolute Gasteiger partial charge is 0.234 e. The van der Waals surface area contributed by atoms with E-state index in [0.29, 0.717) is 19.4 Å². The Bertz CT molecular complexity index is 342. The van der Waals surface area contributed by atoms with Crippen LogP contribution in [0.15, 0.2) is 24.3 Å². The number of ether oxygens (including phenoxy) is 2. The Morgan fingerprint density at radius 2 is 2.19 bits per heavy atom. The number of carbonyl (C=O) groups is 1. The fourth-order valence-corrected chi connectivity index (χ4v) is 1.19. The van der Waals surface area contributed by atoms with Crippen LogP contribution >= 0.6 is 0 Å². The molecule has 5 nitrogen and oxygen atoms in total. The number of carbonyl (C=O) groups excluding carboxylic acids is 1. The van der Waals surface area contributed by atoms with Crippen molar-refractivity contribution in [3.8, 4) is 11.5 Å². The van der Waals surface area contributed by atoms with E-state index in [1.807, 2.05) is 18.2 Å². The summed E-state index contributed by atoms with van der Waals surface area (Å²) in [5.74, 6) is 6.24. The van der Waals surface area contributed by atoms with E-state index in [1.165, 1.54) is 0 Å². The molecule has 3 N–H and O–H groups in total. The molecule has 0 spiro atoms. The van der Waals surface area contributed by atoms with Crippen molar-refractivity contribution in [3.05, 3.63) is 24.3 Å². The van der Waals surface area contributed by atoms with E-state index in [1.54, 1.807) is 13.2 Å². The lowest BCUT2D eigenvalue weighted by Gasteiger charge is -2.07. The van der Waals surface area contributed by atoms with E-state index < -0.39 is 0 Å². The Kier molecular flexibility index (Phi) is 5.15. The summed E-state index contributed by atoms with van der Waals surface area (Å²) >= 11 is 0. The second-order valence-corrected chi connectivity index (χ2v) is 3.20. The third-order valence-electron chi connectivity index (χ3n) is 2.02. The van der Waals surface area contributed by atoms with Crippen molar-refractivity contribution < 1.29 is 14.3 Å². The molecule has 0 unspecified atom stereocenters. The van der Waals surface area contributed by atoms with Gasteiger partial charge >= 0.3 is 0 Å². The first-order valence-electron chi connectivity index (χ1n) is 5.02. The lowest BCUT2D eigenvalue weighted by atomic mass is 10.3. The van der Waals surface area contributed by atoms with Crippen LogP contribution in [-0.4, -0.2) is 19.6 Å². The monoisotopic (exact) mass is 224 g/mol. The molecule has 1 amide bonds. The molecule has 1 aromatic rings. The van der Waals surface area contributed by atoms with E-state index in [9.17, 15) is 4.79 Å². The van der Waals surface area contributed by atoms with Crippen LogP contribution in [0.1, 0.15) is 12.8 Å². The van der Waals surface area contributed by atoms with Crippen molar-refractivity contribution in [2.45, 2.75) is 12.8 Å².